The standard InChI is InChI=1S/C23H29N5O2S.BrH/c1-23(2)11-15(25-9-8-14-6-7-17(29-4)18(10-14)30-5)20-16(12-23)28-19-21(24-3)26-13-27-22(19)31-20;/h6-7,10,13,28H,8-9,11-12H2,1-5H3,(H,24,26,27);1H. The second-order valence-electron chi connectivity index (χ2n) is 8.47. The van der Waals surface area contributed by atoms with Crippen LogP contribution in [0.4, 0.5) is 11.5 Å². The van der Waals surface area contributed by atoms with E-state index in [1.54, 1.807) is 32.3 Å². The van der Waals surface area contributed by atoms with Gasteiger partial charge in [-0.1, -0.05) is 31.7 Å². The summed E-state index contributed by atoms with van der Waals surface area (Å²) in [5.41, 5.74) is 4.64. The van der Waals surface area contributed by atoms with Crippen LogP contribution in [0, 0.1) is 5.41 Å². The maximum absolute atomic E-state index is 5.43. The van der Waals surface area contributed by atoms with Gasteiger partial charge in [0.2, 0.25) is 0 Å². The van der Waals surface area contributed by atoms with Gasteiger partial charge in [-0.25, -0.2) is 9.97 Å². The van der Waals surface area contributed by atoms with E-state index in [9.17, 15) is 0 Å². The van der Waals surface area contributed by atoms with Gasteiger partial charge in [0.1, 0.15) is 17.0 Å². The molecule has 1 aromatic heterocycles. The molecule has 4 rings (SSSR count). The van der Waals surface area contributed by atoms with Gasteiger partial charge in [0, 0.05) is 19.3 Å². The molecule has 0 unspecified atom stereocenters. The smallest absolute Gasteiger partial charge is 0.160 e. The lowest BCUT2D eigenvalue weighted by Gasteiger charge is -2.37. The summed E-state index contributed by atoms with van der Waals surface area (Å²) in [7, 11) is 5.19. The van der Waals surface area contributed by atoms with Crippen LogP contribution >= 0.6 is 28.7 Å². The van der Waals surface area contributed by atoms with Crippen LogP contribution in [0.5, 0.6) is 11.5 Å². The van der Waals surface area contributed by atoms with Crippen LogP contribution in [0.3, 0.4) is 0 Å². The summed E-state index contributed by atoms with van der Waals surface area (Å²) in [6, 6.07) is 6.04. The molecule has 1 aliphatic heterocycles. The third-order valence-corrected chi connectivity index (χ3v) is 6.70. The largest absolute Gasteiger partial charge is 0.493 e. The molecular formula is C23H30BrN5O2S. The zero-order chi connectivity index (χ0) is 22.0. The Morgan fingerprint density at radius 3 is 2.66 bits per heavy atom. The predicted molar refractivity (Wildman–Crippen MR) is 137 cm³/mol. The van der Waals surface area contributed by atoms with Gasteiger partial charge in [0.15, 0.2) is 17.3 Å². The van der Waals surface area contributed by atoms with Crippen molar-refractivity contribution >= 4 is 46.0 Å². The van der Waals surface area contributed by atoms with E-state index < -0.39 is 0 Å². The normalized spacial score (nSPS) is 17.6. The number of aliphatic imine (C=N–C) groups is 1. The quantitative estimate of drug-likeness (QED) is 0.498. The van der Waals surface area contributed by atoms with Crippen LogP contribution in [-0.2, 0) is 6.42 Å². The van der Waals surface area contributed by atoms with Crippen molar-refractivity contribution in [3.8, 4) is 11.5 Å². The highest BCUT2D eigenvalue weighted by Gasteiger charge is 2.35. The minimum atomic E-state index is 0. The maximum Gasteiger partial charge on any atom is 0.160 e. The summed E-state index contributed by atoms with van der Waals surface area (Å²) in [5.74, 6) is 2.31. The molecule has 172 valence electrons. The number of thioether (sulfide) groups is 1. The first-order chi connectivity index (χ1) is 14.9. The zero-order valence-electron chi connectivity index (χ0n) is 19.1. The molecule has 1 aromatic carbocycles. The first kappa shape index (κ1) is 24.4. The number of rotatable bonds is 6. The van der Waals surface area contributed by atoms with Gasteiger partial charge in [-0.3, -0.25) is 4.99 Å². The average molecular weight is 520 g/mol. The molecular weight excluding hydrogens is 490 g/mol. The molecule has 0 atom stereocenters. The monoisotopic (exact) mass is 519 g/mol. The Labute approximate surface area is 204 Å². The van der Waals surface area contributed by atoms with Crippen LogP contribution in [-0.4, -0.2) is 43.5 Å². The number of fused-ring (bicyclic) bond motifs is 1. The highest BCUT2D eigenvalue weighted by Crippen LogP contribution is 2.49. The SMILES string of the molecule is Br.CNc1ncnc2c1NC1=C(S2)C(=NCCc2ccc(OC)c(OC)c2)CC(C)(C)C1. The van der Waals surface area contributed by atoms with Gasteiger partial charge in [0.25, 0.3) is 0 Å². The van der Waals surface area contributed by atoms with Crippen LogP contribution < -0.4 is 20.1 Å². The number of anilines is 2. The van der Waals surface area contributed by atoms with E-state index >= 15 is 0 Å². The molecule has 0 fully saturated rings. The van der Waals surface area contributed by atoms with E-state index in [1.165, 1.54) is 16.2 Å². The molecule has 0 amide bonds. The van der Waals surface area contributed by atoms with Crippen molar-refractivity contribution in [3.05, 3.63) is 40.7 Å². The highest BCUT2D eigenvalue weighted by atomic mass is 79.9. The number of benzene rings is 1. The van der Waals surface area contributed by atoms with Crippen molar-refractivity contribution in [2.75, 3.05) is 38.4 Å². The number of aromatic nitrogens is 2. The topological polar surface area (TPSA) is 80.7 Å². The summed E-state index contributed by atoms with van der Waals surface area (Å²) in [6.45, 7) is 5.31. The Balaban J connectivity index is 0.00000289. The molecule has 0 saturated heterocycles. The Kier molecular flexibility index (Phi) is 7.71. The molecule has 1 aliphatic carbocycles. The average Bonchev–Trinajstić information content (AvgIpc) is 2.76. The number of methoxy groups -OCH3 is 2. The molecule has 2 aliphatic rings. The third kappa shape index (κ3) is 5.04. The number of hydrogen-bond acceptors (Lipinski definition) is 8. The molecule has 2 aromatic rings. The minimum Gasteiger partial charge on any atom is -0.493 e. The lowest BCUT2D eigenvalue weighted by molar-refractivity contribution is 0.354. The molecule has 0 spiro atoms. The maximum atomic E-state index is 5.43. The van der Waals surface area contributed by atoms with Crippen LogP contribution in [0.25, 0.3) is 0 Å². The lowest BCUT2D eigenvalue weighted by Crippen LogP contribution is -2.30. The van der Waals surface area contributed by atoms with E-state index in [-0.39, 0.29) is 22.4 Å². The predicted octanol–water partition coefficient (Wildman–Crippen LogP) is 5.35. The summed E-state index contributed by atoms with van der Waals surface area (Å²) >= 11 is 1.70. The van der Waals surface area contributed by atoms with Gasteiger partial charge in [-0.05, 0) is 42.4 Å². The molecule has 9 heteroatoms. The molecule has 2 N–H and O–H groups in total. The summed E-state index contributed by atoms with van der Waals surface area (Å²) in [5, 5.41) is 7.69. The summed E-state index contributed by atoms with van der Waals surface area (Å²) < 4.78 is 10.8. The fraction of sp³-hybridized carbons (Fsp3) is 0.435. The first-order valence-electron chi connectivity index (χ1n) is 10.4. The van der Waals surface area contributed by atoms with Crippen LogP contribution in [0.1, 0.15) is 32.3 Å². The van der Waals surface area contributed by atoms with Crippen molar-refractivity contribution in [2.45, 2.75) is 38.1 Å². The Bertz CT molecular complexity index is 1050. The number of nitrogens with one attached hydrogen (secondary N) is 2. The summed E-state index contributed by atoms with van der Waals surface area (Å²) in [4.78, 5) is 15.1. The molecule has 7 nitrogen and oxygen atoms in total. The molecule has 0 saturated carbocycles. The van der Waals surface area contributed by atoms with Crippen molar-refractivity contribution in [1.82, 2.24) is 9.97 Å². The van der Waals surface area contributed by atoms with Gasteiger partial charge < -0.3 is 20.1 Å². The van der Waals surface area contributed by atoms with Gasteiger partial charge in [-0.15, -0.1) is 17.0 Å². The van der Waals surface area contributed by atoms with Crippen molar-refractivity contribution in [1.29, 1.82) is 0 Å². The first-order valence-corrected chi connectivity index (χ1v) is 11.2. The lowest BCUT2D eigenvalue weighted by atomic mass is 9.78. The fourth-order valence-electron chi connectivity index (χ4n) is 4.03. The van der Waals surface area contributed by atoms with Crippen molar-refractivity contribution in [3.63, 3.8) is 0 Å². The van der Waals surface area contributed by atoms with E-state index in [4.69, 9.17) is 14.5 Å². The van der Waals surface area contributed by atoms with E-state index in [1.807, 2.05) is 19.2 Å². The molecule has 32 heavy (non-hydrogen) atoms. The van der Waals surface area contributed by atoms with E-state index in [0.717, 1.165) is 59.5 Å². The number of hydrogen-bond donors (Lipinski definition) is 2. The number of allylic oxidation sites excluding steroid dienone is 2. The Hall–Kier alpha value is -2.26. The van der Waals surface area contributed by atoms with Gasteiger partial charge in [-0.2, -0.15) is 0 Å². The molecule has 0 bridgehead atoms. The van der Waals surface area contributed by atoms with Crippen molar-refractivity contribution in [2.24, 2.45) is 10.4 Å². The fourth-order valence-corrected chi connectivity index (χ4v) is 5.07. The van der Waals surface area contributed by atoms with Gasteiger partial charge in [0.05, 0.1) is 24.8 Å². The van der Waals surface area contributed by atoms with E-state index in [2.05, 4.69) is 40.5 Å². The van der Waals surface area contributed by atoms with Crippen LogP contribution in [0.2, 0.25) is 0 Å². The Morgan fingerprint density at radius 1 is 1.16 bits per heavy atom. The number of nitrogens with zero attached hydrogens (tertiary/aromatic N) is 3. The van der Waals surface area contributed by atoms with Crippen LogP contribution in [0.15, 0.2) is 45.1 Å². The third-order valence-electron chi connectivity index (χ3n) is 5.51. The second-order valence-corrected chi connectivity index (χ2v) is 9.47. The molecule has 0 radical (unpaired) electrons. The number of ether oxygens (including phenoxy) is 2. The zero-order valence-corrected chi connectivity index (χ0v) is 21.6. The molecule has 2 heterocycles. The minimum absolute atomic E-state index is 0. The summed E-state index contributed by atoms with van der Waals surface area (Å²) in [6.07, 6.45) is 4.37. The number of halogens is 1. The van der Waals surface area contributed by atoms with E-state index in [0.29, 0.717) is 0 Å². The second kappa shape index (κ2) is 10.1. The van der Waals surface area contributed by atoms with Gasteiger partial charge >= 0.3 is 0 Å². The Morgan fingerprint density at radius 2 is 1.94 bits per heavy atom. The van der Waals surface area contributed by atoms with Crippen molar-refractivity contribution < 1.29 is 9.47 Å². The highest BCUT2D eigenvalue weighted by molar-refractivity contribution is 8.93.